The third kappa shape index (κ3) is 5.04. The van der Waals surface area contributed by atoms with E-state index < -0.39 is 0 Å². The van der Waals surface area contributed by atoms with Crippen LogP contribution in [-0.4, -0.2) is 18.1 Å². The van der Waals surface area contributed by atoms with Crippen LogP contribution in [0.1, 0.15) is 33.3 Å². The standard InChI is InChI=1S/C15H21NO2/c1-5-18-13-9-7-6-8-12(13)10-11-14(17)16-15(2,3)4/h6-11H,5H2,1-4H3,(H,16,17)/b11-10+. The highest BCUT2D eigenvalue weighted by molar-refractivity contribution is 5.92. The van der Waals surface area contributed by atoms with E-state index in [1.165, 1.54) is 6.08 Å². The fourth-order valence-corrected chi connectivity index (χ4v) is 1.48. The molecule has 0 heterocycles. The molecule has 0 saturated heterocycles. The molecule has 0 saturated carbocycles. The molecule has 3 nitrogen and oxygen atoms in total. The quantitative estimate of drug-likeness (QED) is 0.831. The highest BCUT2D eigenvalue weighted by Crippen LogP contribution is 2.19. The normalized spacial score (nSPS) is 11.6. The van der Waals surface area contributed by atoms with Gasteiger partial charge in [0.15, 0.2) is 0 Å². The van der Waals surface area contributed by atoms with Crippen LogP contribution in [0, 0.1) is 0 Å². The first-order valence-corrected chi connectivity index (χ1v) is 6.14. The van der Waals surface area contributed by atoms with E-state index in [9.17, 15) is 4.79 Å². The predicted molar refractivity (Wildman–Crippen MR) is 74.5 cm³/mol. The van der Waals surface area contributed by atoms with E-state index in [0.717, 1.165) is 11.3 Å². The third-order valence-corrected chi connectivity index (χ3v) is 2.13. The number of hydrogen-bond donors (Lipinski definition) is 1. The van der Waals surface area contributed by atoms with E-state index in [0.29, 0.717) is 6.61 Å². The van der Waals surface area contributed by atoms with Gasteiger partial charge in [0.05, 0.1) is 6.61 Å². The summed E-state index contributed by atoms with van der Waals surface area (Å²) >= 11 is 0. The molecule has 0 radical (unpaired) electrons. The summed E-state index contributed by atoms with van der Waals surface area (Å²) in [6, 6.07) is 7.65. The van der Waals surface area contributed by atoms with E-state index >= 15 is 0 Å². The maximum absolute atomic E-state index is 11.7. The second kappa shape index (κ2) is 6.24. The van der Waals surface area contributed by atoms with Crippen molar-refractivity contribution in [3.05, 3.63) is 35.9 Å². The van der Waals surface area contributed by atoms with Crippen molar-refractivity contribution in [1.29, 1.82) is 0 Å². The summed E-state index contributed by atoms with van der Waals surface area (Å²) in [6.07, 6.45) is 3.30. The summed E-state index contributed by atoms with van der Waals surface area (Å²) in [5.74, 6) is 0.689. The molecule has 1 amide bonds. The fraction of sp³-hybridized carbons (Fsp3) is 0.400. The van der Waals surface area contributed by atoms with Crippen LogP contribution in [0.4, 0.5) is 0 Å². The van der Waals surface area contributed by atoms with E-state index in [1.54, 1.807) is 6.08 Å². The number of amides is 1. The first kappa shape index (κ1) is 14.3. The summed E-state index contributed by atoms with van der Waals surface area (Å²) < 4.78 is 5.49. The third-order valence-electron chi connectivity index (χ3n) is 2.13. The molecular weight excluding hydrogens is 226 g/mol. The van der Waals surface area contributed by atoms with Gasteiger partial charge in [-0.1, -0.05) is 18.2 Å². The zero-order valence-corrected chi connectivity index (χ0v) is 11.5. The largest absolute Gasteiger partial charge is 0.493 e. The number of nitrogens with one attached hydrogen (secondary N) is 1. The average molecular weight is 247 g/mol. The molecule has 1 rings (SSSR count). The van der Waals surface area contributed by atoms with Gasteiger partial charge in [-0.05, 0) is 39.8 Å². The summed E-state index contributed by atoms with van der Waals surface area (Å²) in [5, 5.41) is 2.87. The van der Waals surface area contributed by atoms with Crippen LogP contribution < -0.4 is 10.1 Å². The molecule has 0 aliphatic rings. The van der Waals surface area contributed by atoms with Gasteiger partial charge in [0.25, 0.3) is 0 Å². The maximum atomic E-state index is 11.7. The lowest BCUT2D eigenvalue weighted by atomic mass is 10.1. The number of carbonyl (C=O) groups is 1. The van der Waals surface area contributed by atoms with Crippen molar-refractivity contribution in [2.75, 3.05) is 6.61 Å². The first-order chi connectivity index (χ1) is 8.42. The van der Waals surface area contributed by atoms with Gasteiger partial charge in [-0.2, -0.15) is 0 Å². The van der Waals surface area contributed by atoms with Crippen LogP contribution in [0.15, 0.2) is 30.3 Å². The van der Waals surface area contributed by atoms with Crippen LogP contribution in [0.5, 0.6) is 5.75 Å². The second-order valence-corrected chi connectivity index (χ2v) is 5.04. The summed E-state index contributed by atoms with van der Waals surface area (Å²) in [4.78, 5) is 11.7. The van der Waals surface area contributed by atoms with Crippen molar-refractivity contribution in [3.63, 3.8) is 0 Å². The molecule has 98 valence electrons. The lowest BCUT2D eigenvalue weighted by Gasteiger charge is -2.19. The number of carbonyl (C=O) groups excluding carboxylic acids is 1. The van der Waals surface area contributed by atoms with Crippen LogP contribution in [0.2, 0.25) is 0 Å². The Balaban J connectivity index is 2.75. The molecule has 18 heavy (non-hydrogen) atoms. The predicted octanol–water partition coefficient (Wildman–Crippen LogP) is 3.01. The SMILES string of the molecule is CCOc1ccccc1/C=C/C(=O)NC(C)(C)C. The topological polar surface area (TPSA) is 38.3 Å². The highest BCUT2D eigenvalue weighted by Gasteiger charge is 2.11. The molecule has 0 aliphatic carbocycles. The van der Waals surface area contributed by atoms with Gasteiger partial charge in [-0.3, -0.25) is 4.79 Å². The number of benzene rings is 1. The van der Waals surface area contributed by atoms with Gasteiger partial charge in [-0.15, -0.1) is 0 Å². The molecule has 0 aromatic heterocycles. The minimum absolute atomic E-state index is 0.103. The average Bonchev–Trinajstić information content (AvgIpc) is 2.26. The molecule has 3 heteroatoms. The Morgan fingerprint density at radius 1 is 1.33 bits per heavy atom. The molecule has 0 bridgehead atoms. The van der Waals surface area contributed by atoms with E-state index in [-0.39, 0.29) is 11.4 Å². The Kier molecular flexibility index (Phi) is 4.95. The monoisotopic (exact) mass is 247 g/mol. The maximum Gasteiger partial charge on any atom is 0.244 e. The molecule has 1 N–H and O–H groups in total. The Labute approximate surface area is 109 Å². The molecule has 1 aromatic rings. The van der Waals surface area contributed by atoms with Crippen molar-refractivity contribution in [2.24, 2.45) is 0 Å². The second-order valence-electron chi connectivity index (χ2n) is 5.04. The lowest BCUT2D eigenvalue weighted by Crippen LogP contribution is -2.39. The van der Waals surface area contributed by atoms with Crippen molar-refractivity contribution in [3.8, 4) is 5.75 Å². The highest BCUT2D eigenvalue weighted by atomic mass is 16.5. The van der Waals surface area contributed by atoms with Crippen molar-refractivity contribution >= 4 is 12.0 Å². The summed E-state index contributed by atoms with van der Waals surface area (Å²) in [7, 11) is 0. The Morgan fingerprint density at radius 2 is 2.00 bits per heavy atom. The van der Waals surface area contributed by atoms with Crippen molar-refractivity contribution in [2.45, 2.75) is 33.2 Å². The zero-order valence-electron chi connectivity index (χ0n) is 11.5. The molecule has 0 aliphatic heterocycles. The van der Waals surface area contributed by atoms with Crippen LogP contribution in [-0.2, 0) is 4.79 Å². The van der Waals surface area contributed by atoms with Crippen molar-refractivity contribution in [1.82, 2.24) is 5.32 Å². The van der Waals surface area contributed by atoms with Gasteiger partial charge in [-0.25, -0.2) is 0 Å². The minimum atomic E-state index is -0.221. The number of hydrogen-bond acceptors (Lipinski definition) is 2. The van der Waals surface area contributed by atoms with Crippen LogP contribution in [0.3, 0.4) is 0 Å². The van der Waals surface area contributed by atoms with Gasteiger partial charge in [0.2, 0.25) is 5.91 Å². The zero-order chi connectivity index (χ0) is 13.6. The van der Waals surface area contributed by atoms with Crippen LogP contribution in [0.25, 0.3) is 6.08 Å². The van der Waals surface area contributed by atoms with Gasteiger partial charge < -0.3 is 10.1 Å². The fourth-order valence-electron chi connectivity index (χ4n) is 1.48. The summed E-state index contributed by atoms with van der Waals surface area (Å²) in [5.41, 5.74) is 0.685. The van der Waals surface area contributed by atoms with E-state index in [4.69, 9.17) is 4.74 Å². The van der Waals surface area contributed by atoms with Crippen molar-refractivity contribution < 1.29 is 9.53 Å². The Morgan fingerprint density at radius 3 is 2.61 bits per heavy atom. The lowest BCUT2D eigenvalue weighted by molar-refractivity contribution is -0.117. The number of para-hydroxylation sites is 1. The first-order valence-electron chi connectivity index (χ1n) is 6.14. The molecule has 0 fully saturated rings. The molecule has 0 atom stereocenters. The van der Waals surface area contributed by atoms with E-state index in [2.05, 4.69) is 5.32 Å². The molecule has 0 spiro atoms. The minimum Gasteiger partial charge on any atom is -0.493 e. The summed E-state index contributed by atoms with van der Waals surface area (Å²) in [6.45, 7) is 8.40. The Bertz CT molecular complexity index is 430. The number of ether oxygens (including phenoxy) is 1. The molecule has 1 aromatic carbocycles. The smallest absolute Gasteiger partial charge is 0.244 e. The van der Waals surface area contributed by atoms with Gasteiger partial charge >= 0.3 is 0 Å². The molecule has 0 unspecified atom stereocenters. The Hall–Kier alpha value is -1.77. The van der Waals surface area contributed by atoms with Gasteiger partial charge in [0, 0.05) is 17.2 Å². The van der Waals surface area contributed by atoms with Gasteiger partial charge in [0.1, 0.15) is 5.75 Å². The molecular formula is C15H21NO2. The number of rotatable bonds is 4. The van der Waals surface area contributed by atoms with E-state index in [1.807, 2.05) is 52.0 Å². The van der Waals surface area contributed by atoms with Crippen LogP contribution >= 0.6 is 0 Å².